The molecule has 0 aromatic heterocycles. The number of benzene rings is 4. The quantitative estimate of drug-likeness (QED) is 0.260. The summed E-state index contributed by atoms with van der Waals surface area (Å²) < 4.78 is 36.4. The van der Waals surface area contributed by atoms with Crippen LogP contribution in [0.2, 0.25) is 0 Å². The van der Waals surface area contributed by atoms with Gasteiger partial charge >= 0.3 is 0 Å². The second-order valence-corrected chi connectivity index (χ2v) is 11.0. The minimum atomic E-state index is 0.512. The highest BCUT2D eigenvalue weighted by Crippen LogP contribution is 2.48. The van der Waals surface area contributed by atoms with Gasteiger partial charge in [0.25, 0.3) is 0 Å². The molecule has 8 rings (SSSR count). The van der Waals surface area contributed by atoms with Crippen LogP contribution in [0.25, 0.3) is 0 Å². The van der Waals surface area contributed by atoms with Gasteiger partial charge in [-0.1, -0.05) is 18.2 Å². The lowest BCUT2D eigenvalue weighted by Crippen LogP contribution is -2.18. The van der Waals surface area contributed by atoms with E-state index in [0.29, 0.717) is 66.2 Å². The Bertz CT molecular complexity index is 1810. The summed E-state index contributed by atoms with van der Waals surface area (Å²) in [6, 6.07) is 20.3. The van der Waals surface area contributed by atoms with Crippen LogP contribution < -0.4 is 28.4 Å². The minimum Gasteiger partial charge on any atom is -0.493 e. The third-order valence-electron chi connectivity index (χ3n) is 8.40. The summed E-state index contributed by atoms with van der Waals surface area (Å²) in [6.07, 6.45) is 2.81. The molecule has 8 heteroatoms. The molecule has 0 saturated heterocycles. The topological polar surface area (TPSA) is 80.1 Å². The number of hydrogen-bond acceptors (Lipinski definition) is 8. The first-order valence-electron chi connectivity index (χ1n) is 14.8. The van der Waals surface area contributed by atoms with Crippen molar-refractivity contribution >= 4 is 11.4 Å². The maximum atomic E-state index is 6.85. The molecule has 0 spiro atoms. The molecule has 4 aromatic carbocycles. The maximum Gasteiger partial charge on any atom is 0.204 e. The Morgan fingerprint density at radius 2 is 1.25 bits per heavy atom. The SMILES string of the molecule is COc1ccc2cc1Oc1ccc(cc1)CC1=NCCc3cc(OC)c(OC)c(c31)Oc1cc3c(cc1OC)CCN=C3C2. The molecule has 224 valence electrons. The molecule has 0 unspecified atom stereocenters. The van der Waals surface area contributed by atoms with Crippen LogP contribution in [-0.2, 0) is 25.7 Å². The largest absolute Gasteiger partial charge is 0.493 e. The normalized spacial score (nSPS) is 14.9. The third-order valence-corrected chi connectivity index (χ3v) is 8.40. The molecule has 0 radical (unpaired) electrons. The molecule has 0 saturated carbocycles. The summed E-state index contributed by atoms with van der Waals surface area (Å²) >= 11 is 0. The first kappa shape index (κ1) is 27.8. The second-order valence-electron chi connectivity index (χ2n) is 11.0. The number of aliphatic imine (C=N–C) groups is 2. The molecule has 0 aliphatic carbocycles. The Morgan fingerprint density at radius 1 is 0.591 bits per heavy atom. The van der Waals surface area contributed by atoms with Crippen molar-refractivity contribution in [2.24, 2.45) is 9.98 Å². The van der Waals surface area contributed by atoms with Crippen molar-refractivity contribution in [3.63, 3.8) is 0 Å². The molecule has 4 heterocycles. The van der Waals surface area contributed by atoms with Crippen molar-refractivity contribution in [2.45, 2.75) is 25.7 Å². The lowest BCUT2D eigenvalue weighted by atomic mass is 9.91. The van der Waals surface area contributed by atoms with Gasteiger partial charge in [-0.3, -0.25) is 9.98 Å². The first-order chi connectivity index (χ1) is 21.6. The van der Waals surface area contributed by atoms with E-state index in [-0.39, 0.29) is 0 Å². The summed E-state index contributed by atoms with van der Waals surface area (Å²) in [7, 11) is 6.60. The van der Waals surface area contributed by atoms with Gasteiger partial charge in [0.1, 0.15) is 5.75 Å². The number of nitrogens with zero attached hydrogens (tertiary/aromatic N) is 2. The van der Waals surface area contributed by atoms with E-state index in [4.69, 9.17) is 38.4 Å². The van der Waals surface area contributed by atoms with Crippen molar-refractivity contribution in [1.82, 2.24) is 0 Å². The Balaban J connectivity index is 1.45. The van der Waals surface area contributed by atoms with Gasteiger partial charge < -0.3 is 28.4 Å². The predicted molar refractivity (Wildman–Crippen MR) is 170 cm³/mol. The van der Waals surface area contributed by atoms with Crippen molar-refractivity contribution in [1.29, 1.82) is 0 Å². The van der Waals surface area contributed by atoms with Gasteiger partial charge in [0, 0.05) is 42.8 Å². The van der Waals surface area contributed by atoms with Gasteiger partial charge in [0.2, 0.25) is 5.75 Å². The summed E-state index contributed by atoms with van der Waals surface area (Å²) in [5.74, 6) is 4.96. The van der Waals surface area contributed by atoms with E-state index in [1.807, 2.05) is 36.4 Å². The van der Waals surface area contributed by atoms with Crippen LogP contribution >= 0.6 is 0 Å². The van der Waals surface area contributed by atoms with E-state index in [9.17, 15) is 0 Å². The number of rotatable bonds is 4. The maximum absolute atomic E-state index is 6.85. The van der Waals surface area contributed by atoms with E-state index in [1.165, 1.54) is 5.56 Å². The highest BCUT2D eigenvalue weighted by molar-refractivity contribution is 6.07. The Hall–Kier alpha value is -4.98. The van der Waals surface area contributed by atoms with E-state index in [1.54, 1.807) is 28.4 Å². The molecule has 4 aromatic rings. The fourth-order valence-electron chi connectivity index (χ4n) is 6.23. The number of ether oxygens (including phenoxy) is 6. The van der Waals surface area contributed by atoms with E-state index >= 15 is 0 Å². The van der Waals surface area contributed by atoms with Crippen LogP contribution in [0.4, 0.5) is 0 Å². The fourth-order valence-corrected chi connectivity index (χ4v) is 6.23. The highest BCUT2D eigenvalue weighted by Gasteiger charge is 2.29. The Morgan fingerprint density at radius 3 is 2.00 bits per heavy atom. The average molecular weight is 591 g/mol. The van der Waals surface area contributed by atoms with Gasteiger partial charge in [-0.25, -0.2) is 0 Å². The van der Waals surface area contributed by atoms with Crippen LogP contribution in [0.15, 0.2) is 70.6 Å². The summed E-state index contributed by atoms with van der Waals surface area (Å²) in [5, 5.41) is 0. The smallest absolute Gasteiger partial charge is 0.204 e. The molecule has 8 nitrogen and oxygen atoms in total. The van der Waals surface area contributed by atoms with E-state index in [2.05, 4.69) is 24.3 Å². The first-order valence-corrected chi connectivity index (χ1v) is 14.8. The van der Waals surface area contributed by atoms with Crippen LogP contribution in [0.5, 0.6) is 46.0 Å². The molecule has 0 amide bonds. The molecule has 6 bridgehead atoms. The van der Waals surface area contributed by atoms with Crippen molar-refractivity contribution < 1.29 is 28.4 Å². The number of methoxy groups -OCH3 is 4. The predicted octanol–water partition coefficient (Wildman–Crippen LogP) is 6.79. The molecule has 4 aliphatic heterocycles. The molecular weight excluding hydrogens is 556 g/mol. The lowest BCUT2D eigenvalue weighted by molar-refractivity contribution is 0.328. The van der Waals surface area contributed by atoms with Crippen molar-refractivity contribution in [2.75, 3.05) is 41.5 Å². The second kappa shape index (κ2) is 11.6. The highest BCUT2D eigenvalue weighted by atomic mass is 16.5. The summed E-state index contributed by atoms with van der Waals surface area (Å²) in [6.45, 7) is 1.38. The zero-order chi connectivity index (χ0) is 30.2. The van der Waals surface area contributed by atoms with Gasteiger partial charge in [-0.15, -0.1) is 0 Å². The van der Waals surface area contributed by atoms with Crippen LogP contribution in [0, 0.1) is 0 Å². The minimum absolute atomic E-state index is 0.512. The molecule has 0 fully saturated rings. The monoisotopic (exact) mass is 590 g/mol. The third kappa shape index (κ3) is 5.00. The summed E-state index contributed by atoms with van der Waals surface area (Å²) in [4.78, 5) is 9.95. The van der Waals surface area contributed by atoms with Crippen molar-refractivity contribution in [3.8, 4) is 46.0 Å². The van der Waals surface area contributed by atoms with Gasteiger partial charge in [0.05, 0.1) is 34.2 Å². The van der Waals surface area contributed by atoms with Gasteiger partial charge in [-0.2, -0.15) is 0 Å². The number of hydrogen-bond donors (Lipinski definition) is 0. The lowest BCUT2D eigenvalue weighted by Gasteiger charge is -2.26. The van der Waals surface area contributed by atoms with Crippen LogP contribution in [0.1, 0.15) is 33.4 Å². The number of fused-ring (bicyclic) bond motifs is 2. The van der Waals surface area contributed by atoms with Gasteiger partial charge in [0.15, 0.2) is 34.5 Å². The molecule has 44 heavy (non-hydrogen) atoms. The Labute approximate surface area is 256 Å². The van der Waals surface area contributed by atoms with Crippen LogP contribution in [-0.4, -0.2) is 53.0 Å². The standard InChI is InChI=1S/C36H34N2O6/c1-39-29-10-7-22-16-27-26-20-32(30(40-2)18-23(26)11-13-37-27)44-36-34-24(19-33(41-3)35(36)42-4)12-14-38-28(34)15-21-5-8-25(9-6-21)43-31(29)17-22/h5-10,17-20H,11-16H2,1-4H3. The van der Waals surface area contributed by atoms with Gasteiger partial charge in [-0.05, 0) is 77.6 Å². The molecule has 4 aliphatic rings. The molecule has 0 N–H and O–H groups in total. The van der Waals surface area contributed by atoms with Crippen molar-refractivity contribution in [3.05, 3.63) is 94.0 Å². The zero-order valence-corrected chi connectivity index (χ0v) is 25.4. The fraction of sp³-hybridized carbons (Fsp3) is 0.278. The Kier molecular flexibility index (Phi) is 7.34. The molecule has 0 atom stereocenters. The van der Waals surface area contributed by atoms with Crippen LogP contribution in [0.3, 0.4) is 0 Å². The zero-order valence-electron chi connectivity index (χ0n) is 25.4. The summed E-state index contributed by atoms with van der Waals surface area (Å²) in [5.41, 5.74) is 8.27. The average Bonchev–Trinajstić information content (AvgIpc) is 3.05. The van der Waals surface area contributed by atoms with E-state index < -0.39 is 0 Å². The molecular formula is C36H34N2O6. The van der Waals surface area contributed by atoms with E-state index in [0.717, 1.165) is 57.8 Å².